The zero-order chi connectivity index (χ0) is 18.1. The van der Waals surface area contributed by atoms with Crippen molar-refractivity contribution in [3.63, 3.8) is 0 Å². The summed E-state index contributed by atoms with van der Waals surface area (Å²) >= 11 is 12.3. The van der Waals surface area contributed by atoms with E-state index < -0.39 is 11.3 Å². The van der Waals surface area contributed by atoms with Crippen LogP contribution in [-0.2, 0) is 6.42 Å². The Morgan fingerprint density at radius 2 is 2.04 bits per heavy atom. The smallest absolute Gasteiger partial charge is 0.142 e. The first-order chi connectivity index (χ1) is 12.6. The second-order valence-corrected chi connectivity index (χ2v) is 6.87. The van der Waals surface area contributed by atoms with Crippen molar-refractivity contribution >= 4 is 39.7 Å². The Morgan fingerprint density at radius 1 is 1.15 bits per heavy atom. The van der Waals surface area contributed by atoms with Gasteiger partial charge in [0.25, 0.3) is 0 Å². The number of allylic oxidation sites excluding steroid dienone is 3. The molecule has 5 heteroatoms. The van der Waals surface area contributed by atoms with Crippen LogP contribution in [0.15, 0.2) is 66.5 Å². The van der Waals surface area contributed by atoms with Crippen molar-refractivity contribution in [1.82, 2.24) is 10.3 Å². The van der Waals surface area contributed by atoms with E-state index in [1.165, 1.54) is 6.07 Å². The van der Waals surface area contributed by atoms with Gasteiger partial charge in [0.05, 0.1) is 10.5 Å². The number of rotatable bonds is 3. The summed E-state index contributed by atoms with van der Waals surface area (Å²) in [5.74, 6) is -0.428. The first-order valence-corrected chi connectivity index (χ1v) is 8.94. The third-order valence-electron chi connectivity index (χ3n) is 4.30. The number of nitrogens with one attached hydrogen (secondary N) is 1. The zero-order valence-electron chi connectivity index (χ0n) is 13.6. The maximum atomic E-state index is 13.6. The highest BCUT2D eigenvalue weighted by Gasteiger charge is 2.19. The number of hydrogen-bond acceptors (Lipinski definition) is 2. The van der Waals surface area contributed by atoms with E-state index in [0.717, 1.165) is 33.3 Å². The molecule has 4 rings (SSSR count). The zero-order valence-corrected chi connectivity index (χ0v) is 15.2. The molecule has 1 atom stereocenters. The van der Waals surface area contributed by atoms with Crippen LogP contribution in [0.25, 0.3) is 16.5 Å². The number of hydrogen-bond donors (Lipinski definition) is 1. The van der Waals surface area contributed by atoms with Gasteiger partial charge in [-0.2, -0.15) is 0 Å². The average molecular weight is 384 g/mol. The SMILES string of the molecule is Fc1cc(CC2=[C]C=C(c3cccc4ncccc34)C(Cl)N2)ccc1Cl. The number of aromatic nitrogens is 1. The van der Waals surface area contributed by atoms with Crippen LogP contribution >= 0.6 is 23.2 Å². The quantitative estimate of drug-likeness (QED) is 0.476. The van der Waals surface area contributed by atoms with Crippen molar-refractivity contribution in [3.05, 3.63) is 94.5 Å². The third-order valence-corrected chi connectivity index (χ3v) is 4.95. The molecule has 129 valence electrons. The summed E-state index contributed by atoms with van der Waals surface area (Å²) in [7, 11) is 0. The van der Waals surface area contributed by atoms with Crippen molar-refractivity contribution < 1.29 is 4.39 Å². The van der Waals surface area contributed by atoms with E-state index in [2.05, 4.69) is 16.4 Å². The minimum absolute atomic E-state index is 0.116. The van der Waals surface area contributed by atoms with E-state index in [9.17, 15) is 4.39 Å². The molecule has 0 aliphatic carbocycles. The van der Waals surface area contributed by atoms with Crippen LogP contribution in [0.3, 0.4) is 0 Å². The van der Waals surface area contributed by atoms with Crippen LogP contribution in [0.1, 0.15) is 11.1 Å². The molecular weight excluding hydrogens is 370 g/mol. The van der Waals surface area contributed by atoms with E-state index >= 15 is 0 Å². The van der Waals surface area contributed by atoms with E-state index in [1.54, 1.807) is 18.3 Å². The van der Waals surface area contributed by atoms with Crippen LogP contribution in [0.5, 0.6) is 0 Å². The maximum Gasteiger partial charge on any atom is 0.142 e. The summed E-state index contributed by atoms with van der Waals surface area (Å²) in [6.45, 7) is 0. The van der Waals surface area contributed by atoms with Gasteiger partial charge in [0, 0.05) is 29.8 Å². The Hall–Kier alpha value is -2.36. The molecule has 1 aliphatic heterocycles. The van der Waals surface area contributed by atoms with E-state index in [0.29, 0.717) is 6.42 Å². The summed E-state index contributed by atoms with van der Waals surface area (Å²) in [5, 5.41) is 4.40. The Labute approximate surface area is 161 Å². The van der Waals surface area contributed by atoms with Gasteiger partial charge in [0.15, 0.2) is 0 Å². The lowest BCUT2D eigenvalue weighted by molar-refractivity contribution is 0.626. The van der Waals surface area contributed by atoms with Crippen molar-refractivity contribution in [1.29, 1.82) is 0 Å². The molecule has 1 N–H and O–H groups in total. The van der Waals surface area contributed by atoms with E-state index in [1.807, 2.05) is 36.4 Å². The van der Waals surface area contributed by atoms with Crippen molar-refractivity contribution in [2.24, 2.45) is 0 Å². The number of pyridine rings is 1. The lowest BCUT2D eigenvalue weighted by atomic mass is 9.97. The molecule has 1 radical (unpaired) electrons. The van der Waals surface area contributed by atoms with Gasteiger partial charge in [-0.3, -0.25) is 4.98 Å². The fraction of sp³-hybridized carbons (Fsp3) is 0.0952. The van der Waals surface area contributed by atoms with Gasteiger partial charge in [-0.15, -0.1) is 0 Å². The van der Waals surface area contributed by atoms with Crippen LogP contribution in [0.2, 0.25) is 5.02 Å². The number of dihydropyridines is 1. The molecule has 1 aliphatic rings. The van der Waals surface area contributed by atoms with Gasteiger partial charge in [-0.05, 0) is 47.0 Å². The normalized spacial score (nSPS) is 16.8. The Balaban J connectivity index is 1.66. The Bertz CT molecular complexity index is 1040. The van der Waals surface area contributed by atoms with Crippen molar-refractivity contribution in [2.75, 3.05) is 0 Å². The third kappa shape index (κ3) is 3.33. The average Bonchev–Trinajstić information content (AvgIpc) is 2.65. The molecule has 2 aromatic carbocycles. The van der Waals surface area contributed by atoms with Gasteiger partial charge < -0.3 is 5.32 Å². The molecule has 1 unspecified atom stereocenters. The molecule has 3 aromatic rings. The molecule has 0 bridgehead atoms. The lowest BCUT2D eigenvalue weighted by Gasteiger charge is -2.23. The maximum absolute atomic E-state index is 13.6. The molecule has 0 saturated heterocycles. The monoisotopic (exact) mass is 383 g/mol. The van der Waals surface area contributed by atoms with Gasteiger partial charge in [0.1, 0.15) is 11.3 Å². The molecular formula is C21H14Cl2FN2. The molecule has 0 amide bonds. The van der Waals surface area contributed by atoms with Gasteiger partial charge in [-0.25, -0.2) is 4.39 Å². The number of fused-ring (bicyclic) bond motifs is 1. The van der Waals surface area contributed by atoms with Crippen LogP contribution in [0, 0.1) is 11.9 Å². The van der Waals surface area contributed by atoms with Crippen LogP contribution < -0.4 is 5.32 Å². The highest BCUT2D eigenvalue weighted by Crippen LogP contribution is 2.30. The number of halogens is 3. The minimum Gasteiger partial charge on any atom is -0.368 e. The fourth-order valence-electron chi connectivity index (χ4n) is 3.04. The van der Waals surface area contributed by atoms with Gasteiger partial charge in [0.2, 0.25) is 0 Å². The number of benzene rings is 2. The Morgan fingerprint density at radius 3 is 2.85 bits per heavy atom. The van der Waals surface area contributed by atoms with Crippen molar-refractivity contribution in [2.45, 2.75) is 11.9 Å². The summed E-state index contributed by atoms with van der Waals surface area (Å²) < 4.78 is 13.6. The predicted molar refractivity (Wildman–Crippen MR) is 104 cm³/mol. The standard InChI is InChI=1S/C21H14Cl2FN2/c22-18-9-6-13(12-19(18)24)11-14-7-8-17(21(23)26-14)15-3-1-5-20-16(15)4-2-10-25-20/h1-6,8-10,12,21,26H,11H2. The van der Waals surface area contributed by atoms with E-state index in [4.69, 9.17) is 23.2 Å². The fourth-order valence-corrected chi connectivity index (χ4v) is 3.47. The molecule has 1 aromatic heterocycles. The number of alkyl halides is 1. The summed E-state index contributed by atoms with van der Waals surface area (Å²) in [6, 6.07) is 14.7. The minimum atomic E-state index is -0.428. The highest BCUT2D eigenvalue weighted by atomic mass is 35.5. The second kappa shape index (κ2) is 7.10. The molecule has 0 saturated carbocycles. The molecule has 2 heterocycles. The summed E-state index contributed by atoms with van der Waals surface area (Å²) in [4.78, 5) is 4.39. The molecule has 26 heavy (non-hydrogen) atoms. The Kier molecular flexibility index (Phi) is 4.66. The van der Waals surface area contributed by atoms with Crippen molar-refractivity contribution in [3.8, 4) is 0 Å². The van der Waals surface area contributed by atoms with E-state index in [-0.39, 0.29) is 5.02 Å². The molecule has 0 fully saturated rings. The highest BCUT2D eigenvalue weighted by molar-refractivity contribution is 6.30. The first kappa shape index (κ1) is 17.1. The largest absolute Gasteiger partial charge is 0.368 e. The number of nitrogens with zero attached hydrogens (tertiary/aromatic N) is 1. The predicted octanol–water partition coefficient (Wildman–Crippen LogP) is 5.51. The molecule has 0 spiro atoms. The topological polar surface area (TPSA) is 24.9 Å². The summed E-state index contributed by atoms with van der Waals surface area (Å²) in [5.41, 5.74) is 4.06. The van der Waals surface area contributed by atoms with Gasteiger partial charge >= 0.3 is 0 Å². The van der Waals surface area contributed by atoms with Crippen LogP contribution in [0.4, 0.5) is 4.39 Å². The summed E-state index contributed by atoms with van der Waals surface area (Å²) in [6.07, 6.45) is 7.38. The first-order valence-electron chi connectivity index (χ1n) is 8.13. The lowest BCUT2D eigenvalue weighted by Crippen LogP contribution is -2.28. The van der Waals surface area contributed by atoms with Crippen LogP contribution in [-0.4, -0.2) is 10.5 Å². The second-order valence-electron chi connectivity index (χ2n) is 6.03. The molecule has 2 nitrogen and oxygen atoms in total. The van der Waals surface area contributed by atoms with Gasteiger partial charge in [-0.1, -0.05) is 47.5 Å².